The highest BCUT2D eigenvalue weighted by Gasteiger charge is 2.29. The van der Waals surface area contributed by atoms with Gasteiger partial charge in [-0.3, -0.25) is 0 Å². The summed E-state index contributed by atoms with van der Waals surface area (Å²) in [6.07, 6.45) is 7.06. The third-order valence-electron chi connectivity index (χ3n) is 3.50. The number of nitrogens with one attached hydrogen (secondary N) is 1. The van der Waals surface area contributed by atoms with Gasteiger partial charge in [-0.15, -0.1) is 0 Å². The highest BCUT2D eigenvalue weighted by Crippen LogP contribution is 2.37. The van der Waals surface area contributed by atoms with Crippen LogP contribution in [0.25, 0.3) is 0 Å². The lowest BCUT2D eigenvalue weighted by Gasteiger charge is -2.37. The summed E-state index contributed by atoms with van der Waals surface area (Å²) in [5, 5.41) is 3.46. The van der Waals surface area contributed by atoms with Crippen molar-refractivity contribution >= 4 is 9.84 Å². The lowest BCUT2D eigenvalue weighted by Crippen LogP contribution is -2.35. The molecule has 1 aliphatic carbocycles. The van der Waals surface area contributed by atoms with Crippen molar-refractivity contribution in [2.75, 3.05) is 25.1 Å². The molecule has 0 bridgehead atoms. The molecule has 0 radical (unpaired) electrons. The van der Waals surface area contributed by atoms with Gasteiger partial charge in [0.2, 0.25) is 0 Å². The van der Waals surface area contributed by atoms with E-state index in [1.807, 2.05) is 0 Å². The van der Waals surface area contributed by atoms with Crippen LogP contribution in [0.1, 0.15) is 39.0 Å². The van der Waals surface area contributed by atoms with Crippen molar-refractivity contribution in [3.8, 4) is 0 Å². The number of sulfone groups is 1. The molecule has 0 saturated heterocycles. The van der Waals surface area contributed by atoms with Crippen LogP contribution in [-0.4, -0.2) is 33.5 Å². The Labute approximate surface area is 99.9 Å². The largest absolute Gasteiger partial charge is 0.316 e. The molecule has 0 aromatic rings. The topological polar surface area (TPSA) is 46.2 Å². The Bertz CT molecular complexity index is 287. The van der Waals surface area contributed by atoms with Gasteiger partial charge >= 0.3 is 0 Å². The summed E-state index contributed by atoms with van der Waals surface area (Å²) in [7, 11) is -2.76. The van der Waals surface area contributed by atoms with Gasteiger partial charge in [0.25, 0.3) is 0 Å². The molecule has 1 N–H and O–H groups in total. The maximum absolute atomic E-state index is 11.0. The number of hydrogen-bond acceptors (Lipinski definition) is 3. The van der Waals surface area contributed by atoms with Gasteiger partial charge in [0.05, 0.1) is 0 Å². The van der Waals surface area contributed by atoms with Crippen LogP contribution in [-0.2, 0) is 9.84 Å². The van der Waals surface area contributed by atoms with Crippen molar-refractivity contribution < 1.29 is 8.42 Å². The second kappa shape index (κ2) is 6.60. The zero-order chi connectivity index (χ0) is 12.0. The van der Waals surface area contributed by atoms with E-state index in [2.05, 4.69) is 12.2 Å². The minimum Gasteiger partial charge on any atom is -0.316 e. The van der Waals surface area contributed by atoms with Crippen molar-refractivity contribution in [2.45, 2.75) is 39.0 Å². The van der Waals surface area contributed by atoms with Gasteiger partial charge in [-0.25, -0.2) is 8.42 Å². The van der Waals surface area contributed by atoms with Crippen LogP contribution in [0.15, 0.2) is 0 Å². The van der Waals surface area contributed by atoms with Gasteiger partial charge in [-0.05, 0) is 57.0 Å². The highest BCUT2D eigenvalue weighted by atomic mass is 32.2. The van der Waals surface area contributed by atoms with E-state index < -0.39 is 9.84 Å². The summed E-state index contributed by atoms with van der Waals surface area (Å²) in [5.74, 6) is 1.93. The maximum Gasteiger partial charge on any atom is 0.147 e. The van der Waals surface area contributed by atoms with E-state index in [9.17, 15) is 8.42 Å². The predicted molar refractivity (Wildman–Crippen MR) is 68.3 cm³/mol. The Morgan fingerprint density at radius 3 is 2.44 bits per heavy atom. The molecule has 0 spiro atoms. The first-order chi connectivity index (χ1) is 7.53. The first-order valence-corrected chi connectivity index (χ1v) is 8.47. The summed E-state index contributed by atoms with van der Waals surface area (Å²) >= 11 is 0. The second-order valence-electron chi connectivity index (χ2n) is 5.07. The van der Waals surface area contributed by atoms with Crippen LogP contribution in [0.3, 0.4) is 0 Å². The Morgan fingerprint density at radius 2 is 1.94 bits per heavy atom. The van der Waals surface area contributed by atoms with Crippen molar-refractivity contribution in [1.29, 1.82) is 0 Å². The summed E-state index contributed by atoms with van der Waals surface area (Å²) in [4.78, 5) is 0. The van der Waals surface area contributed by atoms with Gasteiger partial charge in [0, 0.05) is 12.0 Å². The Morgan fingerprint density at radius 1 is 1.25 bits per heavy atom. The maximum atomic E-state index is 11.0. The summed E-state index contributed by atoms with van der Waals surface area (Å²) in [5.41, 5.74) is 0. The van der Waals surface area contributed by atoms with Crippen molar-refractivity contribution in [2.24, 2.45) is 11.8 Å². The first-order valence-electron chi connectivity index (χ1n) is 6.41. The van der Waals surface area contributed by atoms with Gasteiger partial charge < -0.3 is 5.32 Å². The van der Waals surface area contributed by atoms with Gasteiger partial charge in [-0.2, -0.15) is 0 Å². The summed E-state index contributed by atoms with van der Waals surface area (Å²) in [6.45, 7) is 4.40. The van der Waals surface area contributed by atoms with Crippen LogP contribution in [0.2, 0.25) is 0 Å². The minimum absolute atomic E-state index is 0.360. The van der Waals surface area contributed by atoms with Crippen LogP contribution >= 0.6 is 0 Å². The molecule has 0 aliphatic heterocycles. The predicted octanol–water partition coefficient (Wildman–Crippen LogP) is 1.84. The van der Waals surface area contributed by atoms with E-state index in [-0.39, 0.29) is 0 Å². The monoisotopic (exact) mass is 247 g/mol. The van der Waals surface area contributed by atoms with E-state index in [4.69, 9.17) is 0 Å². The standard InChI is InChI=1S/C12H25NO2S/c1-3-8-13-10-12-7-6-11(12)5-4-9-16(2,14)15/h11-13H,3-10H2,1-2H3. The molecule has 0 heterocycles. The van der Waals surface area contributed by atoms with E-state index in [1.54, 1.807) is 0 Å². The third-order valence-corrected chi connectivity index (χ3v) is 4.53. The molecule has 96 valence electrons. The molecular weight excluding hydrogens is 222 g/mol. The molecule has 0 aromatic heterocycles. The van der Waals surface area contributed by atoms with Gasteiger partial charge in [-0.1, -0.05) is 6.92 Å². The molecule has 2 atom stereocenters. The SMILES string of the molecule is CCCNCC1CCC1CCCS(C)(=O)=O. The molecule has 3 nitrogen and oxygen atoms in total. The van der Waals surface area contributed by atoms with E-state index >= 15 is 0 Å². The fourth-order valence-electron chi connectivity index (χ4n) is 2.36. The molecule has 4 heteroatoms. The van der Waals surface area contributed by atoms with Crippen molar-refractivity contribution in [3.63, 3.8) is 0 Å². The third kappa shape index (κ3) is 5.30. The lowest BCUT2D eigenvalue weighted by molar-refractivity contribution is 0.159. The average Bonchev–Trinajstić information content (AvgIpc) is 2.16. The molecule has 1 saturated carbocycles. The molecule has 2 unspecified atom stereocenters. The zero-order valence-corrected chi connectivity index (χ0v) is 11.4. The molecule has 0 aromatic carbocycles. The quantitative estimate of drug-likeness (QED) is 0.666. The average molecular weight is 247 g/mol. The molecular formula is C12H25NO2S. The highest BCUT2D eigenvalue weighted by molar-refractivity contribution is 7.90. The number of rotatable bonds is 8. The molecule has 0 amide bonds. The second-order valence-corrected chi connectivity index (χ2v) is 7.33. The summed E-state index contributed by atoms with van der Waals surface area (Å²) < 4.78 is 22.0. The van der Waals surface area contributed by atoms with Gasteiger partial charge in [0.1, 0.15) is 9.84 Å². The van der Waals surface area contributed by atoms with Crippen molar-refractivity contribution in [1.82, 2.24) is 5.32 Å². The minimum atomic E-state index is -2.76. The molecule has 1 fully saturated rings. The Hall–Kier alpha value is -0.0900. The van der Waals surface area contributed by atoms with Crippen molar-refractivity contribution in [3.05, 3.63) is 0 Å². The van der Waals surface area contributed by atoms with Crippen LogP contribution < -0.4 is 5.32 Å². The molecule has 16 heavy (non-hydrogen) atoms. The lowest BCUT2D eigenvalue weighted by atomic mass is 9.71. The van der Waals surface area contributed by atoms with E-state index in [0.29, 0.717) is 5.75 Å². The fourth-order valence-corrected chi connectivity index (χ4v) is 3.05. The first kappa shape index (κ1) is 14.0. The summed E-state index contributed by atoms with van der Waals surface area (Å²) in [6, 6.07) is 0. The Balaban J connectivity index is 2.09. The fraction of sp³-hybridized carbons (Fsp3) is 1.00. The van der Waals surface area contributed by atoms with Crippen LogP contribution in [0.5, 0.6) is 0 Å². The van der Waals surface area contributed by atoms with Crippen LogP contribution in [0.4, 0.5) is 0 Å². The zero-order valence-electron chi connectivity index (χ0n) is 10.5. The van der Waals surface area contributed by atoms with Crippen LogP contribution in [0, 0.1) is 11.8 Å². The molecule has 1 aliphatic rings. The molecule has 1 rings (SSSR count). The smallest absolute Gasteiger partial charge is 0.147 e. The van der Waals surface area contributed by atoms with E-state index in [1.165, 1.54) is 25.5 Å². The van der Waals surface area contributed by atoms with E-state index in [0.717, 1.165) is 37.8 Å². The number of hydrogen-bond donors (Lipinski definition) is 1. The van der Waals surface area contributed by atoms with Gasteiger partial charge in [0.15, 0.2) is 0 Å². The Kier molecular flexibility index (Phi) is 5.76. The normalized spacial score (nSPS) is 25.4.